The van der Waals surface area contributed by atoms with Crippen molar-refractivity contribution in [3.8, 4) is 0 Å². The van der Waals surface area contributed by atoms with Crippen molar-refractivity contribution in [1.29, 1.82) is 0 Å². The molecule has 108 valence electrons. The topological polar surface area (TPSA) is 58.5 Å². The second-order valence-corrected chi connectivity index (χ2v) is 8.41. The number of hydrogen-bond donors (Lipinski definition) is 1. The predicted molar refractivity (Wildman–Crippen MR) is 87.6 cm³/mol. The fourth-order valence-electron chi connectivity index (χ4n) is 1.51. The van der Waals surface area contributed by atoms with Gasteiger partial charge in [-0.2, -0.15) is 13.5 Å². The third-order valence-electron chi connectivity index (χ3n) is 2.57. The van der Waals surface area contributed by atoms with Gasteiger partial charge < -0.3 is 0 Å². The SMILES string of the molecule is Cc1ccc(S(=O)(=O)N/N=C/C=C2SCCCS2)cc1. The van der Waals surface area contributed by atoms with Crippen molar-refractivity contribution in [2.24, 2.45) is 5.10 Å². The summed E-state index contributed by atoms with van der Waals surface area (Å²) < 4.78 is 25.1. The van der Waals surface area contributed by atoms with Crippen LogP contribution in [0.15, 0.2) is 44.6 Å². The van der Waals surface area contributed by atoms with Crippen LogP contribution in [0, 0.1) is 6.92 Å². The summed E-state index contributed by atoms with van der Waals surface area (Å²) in [5.41, 5.74) is 1.02. The van der Waals surface area contributed by atoms with Gasteiger partial charge in [-0.05, 0) is 43.1 Å². The summed E-state index contributed by atoms with van der Waals surface area (Å²) in [6, 6.07) is 6.65. The van der Waals surface area contributed by atoms with Crippen LogP contribution in [0.1, 0.15) is 12.0 Å². The zero-order chi connectivity index (χ0) is 14.4. The maximum atomic E-state index is 11.9. The van der Waals surface area contributed by atoms with Crippen LogP contribution < -0.4 is 4.83 Å². The van der Waals surface area contributed by atoms with Crippen molar-refractivity contribution in [2.75, 3.05) is 11.5 Å². The highest BCUT2D eigenvalue weighted by molar-refractivity contribution is 8.22. The molecule has 0 unspecified atom stereocenters. The normalized spacial score (nSPS) is 16.4. The Morgan fingerprint density at radius 2 is 1.85 bits per heavy atom. The van der Waals surface area contributed by atoms with Gasteiger partial charge in [-0.15, -0.1) is 23.5 Å². The summed E-state index contributed by atoms with van der Waals surface area (Å²) in [5, 5.41) is 3.77. The molecule has 2 rings (SSSR count). The van der Waals surface area contributed by atoms with Crippen molar-refractivity contribution in [2.45, 2.75) is 18.2 Å². The van der Waals surface area contributed by atoms with Gasteiger partial charge in [0.1, 0.15) is 0 Å². The molecule has 1 fully saturated rings. The van der Waals surface area contributed by atoms with Gasteiger partial charge in [-0.3, -0.25) is 0 Å². The van der Waals surface area contributed by atoms with Gasteiger partial charge in [0.05, 0.1) is 4.90 Å². The van der Waals surface area contributed by atoms with Gasteiger partial charge in [0.15, 0.2) is 0 Å². The van der Waals surface area contributed by atoms with E-state index in [0.29, 0.717) is 0 Å². The Morgan fingerprint density at radius 1 is 1.20 bits per heavy atom. The highest BCUT2D eigenvalue weighted by Gasteiger charge is 2.11. The molecular weight excluding hydrogens is 312 g/mol. The Morgan fingerprint density at radius 3 is 2.50 bits per heavy atom. The third-order valence-corrected chi connectivity index (χ3v) is 6.34. The Bertz CT molecular complexity index is 599. The minimum Gasteiger partial charge on any atom is -0.200 e. The number of aryl methyl sites for hydroxylation is 1. The standard InChI is InChI=1S/C13H16N2O2S3/c1-11-3-5-12(6-4-11)20(16,17)15-14-8-7-13-18-9-2-10-19-13/h3-8,15H,2,9-10H2,1H3/b14-8+. The van der Waals surface area contributed by atoms with E-state index in [-0.39, 0.29) is 4.90 Å². The molecule has 0 radical (unpaired) electrons. The van der Waals surface area contributed by atoms with Gasteiger partial charge in [0, 0.05) is 10.5 Å². The molecule has 20 heavy (non-hydrogen) atoms. The zero-order valence-corrected chi connectivity index (χ0v) is 13.5. The lowest BCUT2D eigenvalue weighted by Crippen LogP contribution is -2.18. The highest BCUT2D eigenvalue weighted by atomic mass is 32.2. The Balaban J connectivity index is 1.96. The third kappa shape index (κ3) is 4.57. The van der Waals surface area contributed by atoms with Crippen molar-refractivity contribution in [3.63, 3.8) is 0 Å². The molecule has 0 atom stereocenters. The van der Waals surface area contributed by atoms with Crippen molar-refractivity contribution in [3.05, 3.63) is 40.1 Å². The number of hydrogen-bond acceptors (Lipinski definition) is 5. The van der Waals surface area contributed by atoms with Crippen molar-refractivity contribution >= 4 is 39.8 Å². The van der Waals surface area contributed by atoms with Crippen LogP contribution in [-0.4, -0.2) is 26.1 Å². The van der Waals surface area contributed by atoms with Crippen LogP contribution in [0.25, 0.3) is 0 Å². The molecule has 1 N–H and O–H groups in total. The van der Waals surface area contributed by atoms with E-state index in [1.165, 1.54) is 16.9 Å². The van der Waals surface area contributed by atoms with Gasteiger partial charge in [0.2, 0.25) is 0 Å². The summed E-state index contributed by atoms with van der Waals surface area (Å²) in [6.07, 6.45) is 4.54. The maximum Gasteiger partial charge on any atom is 0.276 e. The lowest BCUT2D eigenvalue weighted by molar-refractivity contribution is 0.584. The predicted octanol–water partition coefficient (Wildman–Crippen LogP) is 2.97. The fraction of sp³-hybridized carbons (Fsp3) is 0.308. The number of sulfonamides is 1. The first-order chi connectivity index (χ1) is 9.58. The maximum absolute atomic E-state index is 11.9. The summed E-state index contributed by atoms with van der Waals surface area (Å²) in [6.45, 7) is 1.91. The molecule has 1 aromatic rings. The lowest BCUT2D eigenvalue weighted by atomic mass is 10.2. The highest BCUT2D eigenvalue weighted by Crippen LogP contribution is 2.33. The van der Waals surface area contributed by atoms with Crippen LogP contribution in [0.3, 0.4) is 0 Å². The molecule has 0 bridgehead atoms. The fourth-order valence-corrected chi connectivity index (χ4v) is 4.62. The van der Waals surface area contributed by atoms with Gasteiger partial charge in [-0.1, -0.05) is 17.7 Å². The van der Waals surface area contributed by atoms with Gasteiger partial charge in [-0.25, -0.2) is 4.83 Å². The molecule has 0 saturated carbocycles. The largest absolute Gasteiger partial charge is 0.276 e. The molecular formula is C13H16N2O2S3. The first kappa shape index (κ1) is 15.5. The van der Waals surface area contributed by atoms with E-state index in [9.17, 15) is 8.42 Å². The summed E-state index contributed by atoms with van der Waals surface area (Å²) in [4.78, 5) is 2.43. The summed E-state index contributed by atoms with van der Waals surface area (Å²) in [7, 11) is -3.57. The average molecular weight is 328 g/mol. The quantitative estimate of drug-likeness (QED) is 0.682. The number of rotatable bonds is 4. The van der Waals surface area contributed by atoms with E-state index in [1.54, 1.807) is 47.8 Å². The molecule has 1 saturated heterocycles. The van der Waals surface area contributed by atoms with E-state index in [2.05, 4.69) is 9.93 Å². The molecule has 4 nitrogen and oxygen atoms in total. The molecule has 1 aliphatic rings. The number of nitrogens with one attached hydrogen (secondary N) is 1. The monoisotopic (exact) mass is 328 g/mol. The second kappa shape index (κ2) is 7.19. The molecule has 0 aliphatic carbocycles. The molecule has 1 heterocycles. The minimum atomic E-state index is -3.57. The van der Waals surface area contributed by atoms with E-state index < -0.39 is 10.0 Å². The Kier molecular flexibility index (Phi) is 5.56. The Labute approximate surface area is 128 Å². The zero-order valence-electron chi connectivity index (χ0n) is 11.1. The van der Waals surface area contributed by atoms with E-state index in [4.69, 9.17) is 0 Å². The van der Waals surface area contributed by atoms with E-state index in [0.717, 1.165) is 17.1 Å². The van der Waals surface area contributed by atoms with Gasteiger partial charge in [0.25, 0.3) is 10.0 Å². The van der Waals surface area contributed by atoms with Crippen LogP contribution in [0.5, 0.6) is 0 Å². The molecule has 0 aromatic heterocycles. The Hall–Kier alpha value is -0.920. The van der Waals surface area contributed by atoms with Crippen LogP contribution in [-0.2, 0) is 10.0 Å². The smallest absolute Gasteiger partial charge is 0.200 e. The van der Waals surface area contributed by atoms with Crippen LogP contribution in [0.4, 0.5) is 0 Å². The minimum absolute atomic E-state index is 0.217. The molecule has 7 heteroatoms. The molecule has 1 aromatic carbocycles. The summed E-state index contributed by atoms with van der Waals surface area (Å²) >= 11 is 3.55. The average Bonchev–Trinajstić information content (AvgIpc) is 2.45. The first-order valence-electron chi connectivity index (χ1n) is 6.15. The second-order valence-electron chi connectivity index (χ2n) is 4.22. The summed E-state index contributed by atoms with van der Waals surface area (Å²) in [5.74, 6) is 2.23. The van der Waals surface area contributed by atoms with Crippen LogP contribution >= 0.6 is 23.5 Å². The number of nitrogens with zero attached hydrogens (tertiary/aromatic N) is 1. The molecule has 1 aliphatic heterocycles. The first-order valence-corrected chi connectivity index (χ1v) is 9.61. The van der Waals surface area contributed by atoms with E-state index >= 15 is 0 Å². The van der Waals surface area contributed by atoms with E-state index in [1.807, 2.05) is 13.0 Å². The lowest BCUT2D eigenvalue weighted by Gasteiger charge is -2.10. The number of allylic oxidation sites excluding steroid dienone is 1. The molecule has 0 amide bonds. The number of thioether (sulfide) groups is 2. The van der Waals surface area contributed by atoms with Crippen LogP contribution in [0.2, 0.25) is 0 Å². The van der Waals surface area contributed by atoms with Crippen molar-refractivity contribution in [1.82, 2.24) is 4.83 Å². The number of hydrazone groups is 1. The number of benzene rings is 1. The van der Waals surface area contributed by atoms with Gasteiger partial charge >= 0.3 is 0 Å². The van der Waals surface area contributed by atoms with Crippen molar-refractivity contribution < 1.29 is 8.42 Å². The molecule has 0 spiro atoms.